The summed E-state index contributed by atoms with van der Waals surface area (Å²) < 4.78 is 6.71. The molecule has 6 nitrogen and oxygen atoms in total. The maximum atomic E-state index is 12.2. The Morgan fingerprint density at radius 3 is 2.52 bits per heavy atom. The standard InChI is InChI=1S/C19H22N2O4/c1-13(22)16-11-21(17-6-4-3-5-15(16)17)12-18(23)25-19(24)14-7-9-20(2)10-8-14/h3-6,11,14H,7-10,12H2,1-2H3. The predicted octanol–water partition coefficient (Wildman–Crippen LogP) is 2.26. The van der Waals surface area contributed by atoms with Crippen molar-refractivity contribution in [3.63, 3.8) is 0 Å². The number of Topliss-reactive ketones (excluding diaryl/α,β-unsaturated/α-hetero) is 1. The van der Waals surface area contributed by atoms with Crippen LogP contribution in [-0.4, -0.2) is 47.3 Å². The van der Waals surface area contributed by atoms with Crippen molar-refractivity contribution in [1.29, 1.82) is 0 Å². The maximum Gasteiger partial charge on any atom is 0.333 e. The third-order valence-corrected chi connectivity index (χ3v) is 4.73. The number of carbonyl (C=O) groups is 3. The fraction of sp³-hybridized carbons (Fsp3) is 0.421. The number of hydrogen-bond donors (Lipinski definition) is 0. The van der Waals surface area contributed by atoms with E-state index in [2.05, 4.69) is 4.90 Å². The van der Waals surface area contributed by atoms with E-state index in [0.29, 0.717) is 18.4 Å². The lowest BCUT2D eigenvalue weighted by atomic mass is 9.97. The fourth-order valence-electron chi connectivity index (χ4n) is 3.27. The van der Waals surface area contributed by atoms with E-state index < -0.39 is 11.9 Å². The second-order valence-electron chi connectivity index (χ2n) is 6.61. The van der Waals surface area contributed by atoms with Crippen LogP contribution in [0.1, 0.15) is 30.1 Å². The Kier molecular flexibility index (Phi) is 4.99. The van der Waals surface area contributed by atoms with Crippen LogP contribution in [0.25, 0.3) is 10.9 Å². The van der Waals surface area contributed by atoms with Gasteiger partial charge in [-0.2, -0.15) is 0 Å². The lowest BCUT2D eigenvalue weighted by molar-refractivity contribution is -0.164. The molecule has 0 unspecified atom stereocenters. The first-order valence-electron chi connectivity index (χ1n) is 8.47. The van der Waals surface area contributed by atoms with Crippen LogP contribution >= 0.6 is 0 Å². The molecule has 132 valence electrons. The summed E-state index contributed by atoms with van der Waals surface area (Å²) in [5, 5.41) is 0.796. The van der Waals surface area contributed by atoms with Gasteiger partial charge < -0.3 is 14.2 Å². The molecule has 0 atom stereocenters. The molecular formula is C19H22N2O4. The predicted molar refractivity (Wildman–Crippen MR) is 93.3 cm³/mol. The Balaban J connectivity index is 1.70. The molecule has 1 saturated heterocycles. The molecule has 0 spiro atoms. The highest BCUT2D eigenvalue weighted by Gasteiger charge is 2.26. The number of ketones is 1. The first-order chi connectivity index (χ1) is 12.0. The molecule has 25 heavy (non-hydrogen) atoms. The minimum atomic E-state index is -0.597. The molecule has 2 aromatic rings. The van der Waals surface area contributed by atoms with Gasteiger partial charge in [-0.15, -0.1) is 0 Å². The minimum Gasteiger partial charge on any atom is -0.392 e. The SMILES string of the molecule is CC(=O)c1cn(CC(=O)OC(=O)C2CCN(C)CC2)c2ccccc12. The topological polar surface area (TPSA) is 68.6 Å². The first-order valence-corrected chi connectivity index (χ1v) is 8.47. The maximum absolute atomic E-state index is 12.2. The molecule has 1 aromatic heterocycles. The number of aromatic nitrogens is 1. The van der Waals surface area contributed by atoms with E-state index in [1.165, 1.54) is 6.92 Å². The van der Waals surface area contributed by atoms with Crippen molar-refractivity contribution in [3.05, 3.63) is 36.0 Å². The molecule has 0 radical (unpaired) electrons. The number of para-hydroxylation sites is 1. The summed E-state index contributed by atoms with van der Waals surface area (Å²) in [6.45, 7) is 3.07. The van der Waals surface area contributed by atoms with Crippen molar-refractivity contribution < 1.29 is 19.1 Å². The quantitative estimate of drug-likeness (QED) is 0.484. The number of fused-ring (bicyclic) bond motifs is 1. The largest absolute Gasteiger partial charge is 0.392 e. The Morgan fingerprint density at radius 1 is 1.16 bits per heavy atom. The average Bonchev–Trinajstić information content (AvgIpc) is 2.94. The third kappa shape index (κ3) is 3.79. The highest BCUT2D eigenvalue weighted by atomic mass is 16.6. The van der Waals surface area contributed by atoms with Crippen LogP contribution in [0.5, 0.6) is 0 Å². The zero-order chi connectivity index (χ0) is 18.0. The summed E-state index contributed by atoms with van der Waals surface area (Å²) in [5.74, 6) is -1.32. The number of likely N-dealkylation sites (tertiary alicyclic amines) is 1. The summed E-state index contributed by atoms with van der Waals surface area (Å²) in [6.07, 6.45) is 3.07. The van der Waals surface area contributed by atoms with Gasteiger partial charge in [0.1, 0.15) is 6.54 Å². The van der Waals surface area contributed by atoms with Crippen molar-refractivity contribution in [2.75, 3.05) is 20.1 Å². The molecule has 0 saturated carbocycles. The normalized spacial score (nSPS) is 16.1. The van der Waals surface area contributed by atoms with Crippen molar-refractivity contribution in [2.24, 2.45) is 5.92 Å². The molecule has 0 aliphatic carbocycles. The molecular weight excluding hydrogens is 320 g/mol. The Morgan fingerprint density at radius 2 is 1.84 bits per heavy atom. The third-order valence-electron chi connectivity index (χ3n) is 4.73. The van der Waals surface area contributed by atoms with Gasteiger partial charge in [0.2, 0.25) is 0 Å². The lowest BCUT2D eigenvalue weighted by Gasteiger charge is -2.27. The van der Waals surface area contributed by atoms with Gasteiger partial charge in [0.05, 0.1) is 5.92 Å². The van der Waals surface area contributed by atoms with Gasteiger partial charge in [0.25, 0.3) is 0 Å². The number of hydrogen-bond acceptors (Lipinski definition) is 5. The molecule has 0 amide bonds. The van der Waals surface area contributed by atoms with Gasteiger partial charge in [-0.25, -0.2) is 4.79 Å². The van der Waals surface area contributed by atoms with Crippen molar-refractivity contribution in [3.8, 4) is 0 Å². The van der Waals surface area contributed by atoms with E-state index in [1.54, 1.807) is 10.8 Å². The van der Waals surface area contributed by atoms with E-state index in [4.69, 9.17) is 4.74 Å². The van der Waals surface area contributed by atoms with E-state index in [-0.39, 0.29) is 18.2 Å². The fourth-order valence-corrected chi connectivity index (χ4v) is 3.27. The molecule has 0 N–H and O–H groups in total. The molecule has 1 aromatic carbocycles. The molecule has 6 heteroatoms. The van der Waals surface area contributed by atoms with Gasteiger partial charge in [-0.05, 0) is 46.0 Å². The summed E-state index contributed by atoms with van der Waals surface area (Å²) in [6, 6.07) is 7.38. The van der Waals surface area contributed by atoms with Gasteiger partial charge in [-0.1, -0.05) is 18.2 Å². The number of nitrogens with zero attached hydrogens (tertiary/aromatic N) is 2. The van der Waals surface area contributed by atoms with Gasteiger partial charge in [0.15, 0.2) is 5.78 Å². The molecule has 0 bridgehead atoms. The second kappa shape index (κ2) is 7.19. The highest BCUT2D eigenvalue weighted by molar-refractivity contribution is 6.07. The van der Waals surface area contributed by atoms with Crippen LogP contribution in [-0.2, 0) is 20.9 Å². The number of carbonyl (C=O) groups excluding carboxylic acids is 3. The summed E-state index contributed by atoms with van der Waals surface area (Å²) >= 11 is 0. The van der Waals surface area contributed by atoms with Crippen LogP contribution in [0.15, 0.2) is 30.5 Å². The molecule has 1 fully saturated rings. The first kappa shape index (κ1) is 17.4. The number of benzene rings is 1. The van der Waals surface area contributed by atoms with Crippen molar-refractivity contribution in [2.45, 2.75) is 26.3 Å². The summed E-state index contributed by atoms with van der Waals surface area (Å²) in [5.41, 5.74) is 1.33. The van der Waals surface area contributed by atoms with Crippen molar-refractivity contribution in [1.82, 2.24) is 9.47 Å². The number of ether oxygens (including phenoxy) is 1. The van der Waals surface area contributed by atoms with Crippen LogP contribution in [0.3, 0.4) is 0 Å². The zero-order valence-electron chi connectivity index (χ0n) is 14.5. The van der Waals surface area contributed by atoms with E-state index >= 15 is 0 Å². The highest BCUT2D eigenvalue weighted by Crippen LogP contribution is 2.22. The number of rotatable bonds is 4. The molecule has 1 aliphatic rings. The van der Waals surface area contributed by atoms with E-state index in [1.807, 2.05) is 31.3 Å². The van der Waals surface area contributed by atoms with Crippen molar-refractivity contribution >= 4 is 28.6 Å². The van der Waals surface area contributed by atoms with Crippen LogP contribution < -0.4 is 0 Å². The monoisotopic (exact) mass is 342 g/mol. The Hall–Kier alpha value is -2.47. The van der Waals surface area contributed by atoms with Crippen LogP contribution in [0, 0.1) is 5.92 Å². The van der Waals surface area contributed by atoms with E-state index in [9.17, 15) is 14.4 Å². The lowest BCUT2D eigenvalue weighted by Crippen LogP contribution is -2.35. The summed E-state index contributed by atoms with van der Waals surface area (Å²) in [4.78, 5) is 38.3. The molecule has 2 heterocycles. The van der Waals surface area contributed by atoms with Gasteiger partial charge in [0, 0.05) is 22.7 Å². The van der Waals surface area contributed by atoms with Gasteiger partial charge in [-0.3, -0.25) is 9.59 Å². The molecule has 1 aliphatic heterocycles. The zero-order valence-corrected chi connectivity index (χ0v) is 14.5. The molecule has 3 rings (SSSR count). The summed E-state index contributed by atoms with van der Waals surface area (Å²) in [7, 11) is 2.01. The smallest absolute Gasteiger partial charge is 0.333 e. The van der Waals surface area contributed by atoms with E-state index in [0.717, 1.165) is 24.0 Å². The average molecular weight is 342 g/mol. The second-order valence-corrected chi connectivity index (χ2v) is 6.61. The number of piperidine rings is 1. The van der Waals surface area contributed by atoms with Crippen LogP contribution in [0.4, 0.5) is 0 Å². The minimum absolute atomic E-state index is 0.0641. The Labute approximate surface area is 146 Å². The Bertz CT molecular complexity index is 816. The van der Waals surface area contributed by atoms with Gasteiger partial charge >= 0.3 is 11.9 Å². The number of esters is 2. The van der Waals surface area contributed by atoms with Crippen LogP contribution in [0.2, 0.25) is 0 Å².